The molecule has 0 radical (unpaired) electrons. The van der Waals surface area contributed by atoms with Gasteiger partial charge in [0.05, 0.1) is 10.9 Å². The summed E-state index contributed by atoms with van der Waals surface area (Å²) in [7, 11) is -3.27. The molecule has 0 saturated heterocycles. The molecule has 0 atom stereocenters. The largest absolute Gasteiger partial charge is 0.488 e. The Hall–Kier alpha value is -4.09. The number of halogens is 1. The fourth-order valence-corrected chi connectivity index (χ4v) is 5.11. The molecule has 182 valence electrons. The zero-order chi connectivity index (χ0) is 25.6. The van der Waals surface area contributed by atoms with Gasteiger partial charge in [0.25, 0.3) is 0 Å². The third-order valence-corrected chi connectivity index (χ3v) is 6.87. The zero-order valence-electron chi connectivity index (χ0n) is 19.8. The van der Waals surface area contributed by atoms with Gasteiger partial charge in [0.15, 0.2) is 5.43 Å². The van der Waals surface area contributed by atoms with Gasteiger partial charge in [-0.25, -0.2) is 0 Å². The molecule has 5 rings (SSSR count). The van der Waals surface area contributed by atoms with Gasteiger partial charge in [0.2, 0.25) is 0 Å². The summed E-state index contributed by atoms with van der Waals surface area (Å²) in [4.78, 5) is 17.1. The highest BCUT2D eigenvalue weighted by molar-refractivity contribution is 7.81. The summed E-state index contributed by atoms with van der Waals surface area (Å²) in [6.07, 6.45) is 8.13. The predicted octanol–water partition coefficient (Wildman–Crippen LogP) is 5.76. The molecule has 2 heterocycles. The van der Waals surface area contributed by atoms with Crippen LogP contribution in [0.1, 0.15) is 30.9 Å². The van der Waals surface area contributed by atoms with Crippen LogP contribution in [0.5, 0.6) is 5.75 Å². The maximum absolute atomic E-state index is 13.8. The lowest BCUT2D eigenvalue weighted by Crippen LogP contribution is -2.09. The quantitative estimate of drug-likeness (QED) is 0.237. The fourth-order valence-electron chi connectivity index (χ4n) is 4.78. The molecule has 0 aliphatic rings. The zero-order valence-corrected chi connectivity index (χ0v) is 20.6. The first-order chi connectivity index (χ1) is 17.2. The van der Waals surface area contributed by atoms with Crippen molar-refractivity contribution in [1.29, 1.82) is 0 Å². The van der Waals surface area contributed by atoms with Crippen LogP contribution in [-0.2, 0) is 24.0 Å². The molecule has 0 aliphatic carbocycles. The summed E-state index contributed by atoms with van der Waals surface area (Å²) in [5.41, 5.74) is 5.21. The van der Waals surface area contributed by atoms with E-state index >= 15 is 0 Å². The van der Waals surface area contributed by atoms with Gasteiger partial charge in [-0.3, -0.25) is 4.79 Å². The van der Waals surface area contributed by atoms with E-state index in [1.807, 2.05) is 41.9 Å². The van der Waals surface area contributed by atoms with Crippen LogP contribution in [0, 0.1) is 12.3 Å². The minimum Gasteiger partial charge on any atom is -0.358 e. The minimum absolute atomic E-state index is 0.0808. The van der Waals surface area contributed by atoms with E-state index < -0.39 is 10.5 Å². The standard InChI is InChI=1S/C28H23FN2O4S/c1-4-6-8-19-15-23-25(16-22(19)18-9-7-10-20(14-18)35-36(29,33)34)31(3)28-26(27(23)32)21-12-11-17(5-2)13-24(21)30-28/h2,7,9-16,30H,4,6,8H2,1,3H3. The molecule has 36 heavy (non-hydrogen) atoms. The number of pyridine rings is 1. The van der Waals surface area contributed by atoms with Crippen molar-refractivity contribution in [2.24, 2.45) is 7.05 Å². The number of rotatable bonds is 6. The van der Waals surface area contributed by atoms with E-state index in [1.54, 1.807) is 12.1 Å². The average molecular weight is 503 g/mol. The second kappa shape index (κ2) is 8.85. The number of unbranched alkanes of at least 4 members (excludes halogenated alkanes) is 1. The summed E-state index contributed by atoms with van der Waals surface area (Å²) in [6, 6.07) is 15.6. The van der Waals surface area contributed by atoms with Crippen LogP contribution in [0.15, 0.2) is 59.4 Å². The molecule has 1 N–H and O–H groups in total. The van der Waals surface area contributed by atoms with Crippen molar-refractivity contribution < 1.29 is 16.5 Å². The number of aromatic amines is 1. The van der Waals surface area contributed by atoms with Crippen molar-refractivity contribution in [2.75, 3.05) is 0 Å². The van der Waals surface area contributed by atoms with Crippen molar-refractivity contribution in [2.45, 2.75) is 26.2 Å². The average Bonchev–Trinajstić information content (AvgIpc) is 3.24. The van der Waals surface area contributed by atoms with Gasteiger partial charge in [-0.15, -0.1) is 6.42 Å². The van der Waals surface area contributed by atoms with Gasteiger partial charge in [-0.1, -0.05) is 41.3 Å². The maximum Gasteiger partial charge on any atom is 0.488 e. The monoisotopic (exact) mass is 502 g/mol. The molecule has 0 saturated carbocycles. The van der Waals surface area contributed by atoms with Crippen molar-refractivity contribution >= 4 is 43.3 Å². The summed E-state index contributed by atoms with van der Waals surface area (Å²) < 4.78 is 41.6. The lowest BCUT2D eigenvalue weighted by molar-refractivity contribution is 0.440. The maximum atomic E-state index is 13.8. The van der Waals surface area contributed by atoms with Crippen LogP contribution in [0.4, 0.5) is 3.89 Å². The Balaban J connectivity index is 1.81. The number of fused-ring (bicyclic) bond motifs is 4. The molecule has 0 fully saturated rings. The van der Waals surface area contributed by atoms with E-state index in [9.17, 15) is 17.1 Å². The van der Waals surface area contributed by atoms with Crippen molar-refractivity contribution in [3.8, 4) is 29.2 Å². The SMILES string of the molecule is C#Cc1ccc2c(c1)[nH]c1c2c(=O)c2cc(CCCC)c(-c3cccc(OS(=O)(=O)F)c3)cc2n1C. The van der Waals surface area contributed by atoms with Gasteiger partial charge in [0, 0.05) is 28.9 Å². The molecule has 0 amide bonds. The first-order valence-corrected chi connectivity index (χ1v) is 12.8. The van der Waals surface area contributed by atoms with E-state index in [4.69, 9.17) is 6.42 Å². The molecule has 0 spiro atoms. The van der Waals surface area contributed by atoms with Gasteiger partial charge < -0.3 is 13.7 Å². The van der Waals surface area contributed by atoms with E-state index in [-0.39, 0.29) is 11.2 Å². The number of aromatic nitrogens is 2. The molecule has 2 aromatic heterocycles. The first-order valence-electron chi connectivity index (χ1n) is 11.5. The van der Waals surface area contributed by atoms with Crippen LogP contribution < -0.4 is 9.61 Å². The lowest BCUT2D eigenvalue weighted by atomic mass is 9.93. The number of hydrogen-bond acceptors (Lipinski definition) is 4. The predicted molar refractivity (Wildman–Crippen MR) is 141 cm³/mol. The van der Waals surface area contributed by atoms with Crippen LogP contribution in [0.3, 0.4) is 0 Å². The Morgan fingerprint density at radius 2 is 1.92 bits per heavy atom. The molecule has 5 aromatic rings. The highest BCUT2D eigenvalue weighted by Crippen LogP contribution is 2.33. The Morgan fingerprint density at radius 3 is 2.64 bits per heavy atom. The number of nitrogens with zero attached hydrogens (tertiary/aromatic N) is 1. The Labute approximate surface area is 207 Å². The highest BCUT2D eigenvalue weighted by Gasteiger charge is 2.18. The number of aryl methyl sites for hydroxylation is 2. The normalized spacial score (nSPS) is 11.8. The molecule has 6 nitrogen and oxygen atoms in total. The summed E-state index contributed by atoms with van der Waals surface area (Å²) in [6.45, 7) is 2.08. The van der Waals surface area contributed by atoms with Crippen molar-refractivity contribution in [1.82, 2.24) is 9.55 Å². The second-order valence-electron chi connectivity index (χ2n) is 8.78. The van der Waals surface area contributed by atoms with E-state index in [0.717, 1.165) is 46.9 Å². The van der Waals surface area contributed by atoms with Gasteiger partial charge in [-0.2, -0.15) is 8.42 Å². The number of terminal acetylenes is 1. The molecule has 0 unspecified atom stereocenters. The smallest absolute Gasteiger partial charge is 0.358 e. The highest BCUT2D eigenvalue weighted by atomic mass is 32.3. The summed E-state index contributed by atoms with van der Waals surface area (Å²) >= 11 is 0. The Kier molecular flexibility index (Phi) is 5.81. The van der Waals surface area contributed by atoms with Crippen molar-refractivity contribution in [3.05, 3.63) is 75.9 Å². The molecular weight excluding hydrogens is 479 g/mol. The van der Waals surface area contributed by atoms with E-state index in [0.29, 0.717) is 27.5 Å². The summed E-state index contributed by atoms with van der Waals surface area (Å²) in [5, 5.41) is 1.99. The number of H-pyrrole nitrogens is 1. The van der Waals surface area contributed by atoms with Crippen LogP contribution in [0.2, 0.25) is 0 Å². The lowest BCUT2D eigenvalue weighted by Gasteiger charge is -2.15. The Morgan fingerprint density at radius 1 is 1.11 bits per heavy atom. The van der Waals surface area contributed by atoms with Crippen LogP contribution in [-0.4, -0.2) is 18.0 Å². The van der Waals surface area contributed by atoms with Crippen molar-refractivity contribution in [3.63, 3.8) is 0 Å². The van der Waals surface area contributed by atoms with E-state index in [1.165, 1.54) is 12.1 Å². The van der Waals surface area contributed by atoms with Crippen LogP contribution in [0.25, 0.3) is 44.0 Å². The molecule has 8 heteroatoms. The number of benzene rings is 3. The van der Waals surface area contributed by atoms with Gasteiger partial charge in [0.1, 0.15) is 11.4 Å². The van der Waals surface area contributed by atoms with Crippen LogP contribution >= 0.6 is 0 Å². The minimum atomic E-state index is -5.15. The number of hydrogen-bond donors (Lipinski definition) is 1. The second-order valence-corrected chi connectivity index (χ2v) is 9.73. The molecule has 0 bridgehead atoms. The van der Waals surface area contributed by atoms with Gasteiger partial charge >= 0.3 is 10.5 Å². The summed E-state index contributed by atoms with van der Waals surface area (Å²) in [5.74, 6) is 2.50. The van der Waals surface area contributed by atoms with E-state index in [2.05, 4.69) is 22.0 Å². The molecule has 0 aliphatic heterocycles. The van der Waals surface area contributed by atoms with Gasteiger partial charge in [-0.05, 0) is 65.9 Å². The molecular formula is C28H23FN2O4S. The topological polar surface area (TPSA) is 81.2 Å². The third-order valence-electron chi connectivity index (χ3n) is 6.48. The number of nitrogens with one attached hydrogen (secondary N) is 1. The Bertz CT molecular complexity index is 1880. The fraction of sp³-hybridized carbons (Fsp3) is 0.179. The molecule has 3 aromatic carbocycles. The third kappa shape index (κ3) is 4.12. The first kappa shape index (κ1) is 23.6.